The Morgan fingerprint density at radius 1 is 0.367 bits per heavy atom. The van der Waals surface area contributed by atoms with Gasteiger partial charge in [0.15, 0.2) is 55.5 Å². The Morgan fingerprint density at radius 3 is 1.09 bits per heavy atom. The first-order chi connectivity index (χ1) is 66.1. The van der Waals surface area contributed by atoms with Gasteiger partial charge in [-0.2, -0.15) is 0 Å². The maximum absolute atomic E-state index is 16.0. The third-order valence-electron chi connectivity index (χ3n) is 21.9. The molecule has 3 aromatic carbocycles. The molecule has 0 aliphatic carbocycles. The normalized spacial score (nSPS) is 21.2. The summed E-state index contributed by atoms with van der Waals surface area (Å²) in [7, 11) is 3.02. The van der Waals surface area contributed by atoms with Crippen LogP contribution in [0.5, 0.6) is 11.5 Å². The maximum Gasteiger partial charge on any atom is 0.307 e. The number of hydrogen-bond donors (Lipinski definition) is 4. The number of carbonyl (C=O) groups excluding carboxylic acids is 18. The molecule has 43 heteroatoms. The fraction of sp³-hybridized carbons (Fsp3) is 0.625. The van der Waals surface area contributed by atoms with Gasteiger partial charge in [0.25, 0.3) is 5.91 Å². The highest BCUT2D eigenvalue weighted by Crippen LogP contribution is 2.43. The van der Waals surface area contributed by atoms with Crippen LogP contribution in [-0.2, 0) is 172 Å². The molecule has 0 radical (unpaired) electrons. The number of rotatable bonds is 59. The number of hydrogen-bond acceptors (Lipinski definition) is 37. The van der Waals surface area contributed by atoms with E-state index in [-0.39, 0.29) is 160 Å². The van der Waals surface area contributed by atoms with Crippen molar-refractivity contribution in [1.82, 2.24) is 31.1 Å². The van der Waals surface area contributed by atoms with E-state index in [4.69, 9.17) is 90.0 Å². The van der Waals surface area contributed by atoms with Gasteiger partial charge in [0, 0.05) is 168 Å². The molecule has 0 saturated carbocycles. The fourth-order valence-electron chi connectivity index (χ4n) is 15.9. The van der Waals surface area contributed by atoms with Gasteiger partial charge in [-0.15, -0.1) is 0 Å². The minimum absolute atomic E-state index is 0.0283. The number of carbonyl (C=O) groups is 18. The number of Topliss-reactive ketones (excluding diaryl/α,β-unsaturated/α-hetero) is 2. The van der Waals surface area contributed by atoms with Crippen molar-refractivity contribution in [2.24, 2.45) is 0 Å². The van der Waals surface area contributed by atoms with Crippen molar-refractivity contribution in [2.75, 3.05) is 93.2 Å². The molecule has 43 nitrogen and oxygen atoms in total. The highest BCUT2D eigenvalue weighted by atomic mass is 16.7. The van der Waals surface area contributed by atoms with Gasteiger partial charge >= 0.3 is 59.7 Å². The summed E-state index contributed by atoms with van der Waals surface area (Å²) in [6, 6.07) is 19.4. The average Bonchev–Trinajstić information content (AvgIpc) is 0.746. The predicted molar refractivity (Wildman–Crippen MR) is 484 cm³/mol. The number of esters is 10. The zero-order valence-electron chi connectivity index (χ0n) is 81.5. The molecule has 4 N–H and O–H groups in total. The Bertz CT molecular complexity index is 4510. The van der Waals surface area contributed by atoms with Crippen molar-refractivity contribution in [3.05, 3.63) is 95.6 Å². The quantitative estimate of drug-likeness (QED) is 0.0247. The largest absolute Gasteiger partial charge is 0.497 e. The number of ketones is 2. The Labute approximate surface area is 807 Å². The van der Waals surface area contributed by atoms with E-state index < -0.39 is 226 Å². The number of nitrogens with one attached hydrogen (secondary N) is 4. The van der Waals surface area contributed by atoms with Crippen molar-refractivity contribution in [1.29, 1.82) is 0 Å². The lowest BCUT2D eigenvalue weighted by molar-refractivity contribution is -0.277. The smallest absolute Gasteiger partial charge is 0.307 e. The number of amides is 6. The molecule has 7 unspecified atom stereocenters. The molecule has 3 fully saturated rings. The summed E-state index contributed by atoms with van der Waals surface area (Å²) in [4.78, 5) is 237. The second-order valence-corrected chi connectivity index (χ2v) is 33.4. The number of benzene rings is 3. The predicted octanol–water partition coefficient (Wildman–Crippen LogP) is 5.12. The Hall–Kier alpha value is -12.2. The second-order valence-electron chi connectivity index (χ2n) is 33.4. The molecule has 3 aromatic rings. The van der Waals surface area contributed by atoms with Crippen LogP contribution in [0.3, 0.4) is 0 Å². The molecule has 16 atom stereocenters. The lowest BCUT2D eigenvalue weighted by atomic mass is 9.80. The number of ether oxygens (including phenoxy) is 19. The first-order valence-electron chi connectivity index (χ1n) is 46.2. The van der Waals surface area contributed by atoms with Gasteiger partial charge in [0.1, 0.15) is 84.9 Å². The third kappa shape index (κ3) is 39.9. The number of nitrogens with zero attached hydrogens (tertiary/aromatic N) is 2. The summed E-state index contributed by atoms with van der Waals surface area (Å²) >= 11 is 0. The number of unbranched alkanes of at least 4 members (excludes halogenated alkanes) is 4. The van der Waals surface area contributed by atoms with Gasteiger partial charge in [-0.1, -0.05) is 54.6 Å². The fourth-order valence-corrected chi connectivity index (χ4v) is 15.9. The molecular formula is C96H134N6O37. The summed E-state index contributed by atoms with van der Waals surface area (Å²) in [6.07, 6.45) is -16.6. The van der Waals surface area contributed by atoms with Crippen molar-refractivity contribution < 1.29 is 176 Å². The van der Waals surface area contributed by atoms with Crippen LogP contribution in [0.4, 0.5) is 0 Å². The third-order valence-corrected chi connectivity index (χ3v) is 21.9. The molecule has 3 saturated heterocycles. The Kier molecular flexibility index (Phi) is 49.9. The standard InChI is InChI=1S/C96H134N6O37/c1-57(103)35-44-82(119)136-79(56-129-96(70-29-17-16-18-30-70,71-36-40-74(121-14)41-37-71)72-38-42-75(122-15)43-39-72)92(120)102(47-27-45-97-80(117)33-21-25-51-124-94-84(99-59(3)105)90(134-68(12)114)87(131-65(9)111)77(138-94)54-127-62(6)108)49-28-48-101(81(118)34-22-26-52-125-95-85(100-60(4)106)91(135-69(13)115)88(132-66(10)112)78(139-95)55-128-63(7)109)46-23-19-31-73(116)32-20-24-50-123-93-83(98-58(2)104)89(133-67(11)113)86(130-64(8)110)76(137-93)53-126-61(5)107/h16-18,29-30,36-43,76-79,83-91,93-95H,19-28,31-35,44-56H2,1-15H3,(H,97,117)(H,98,104)(H,99,105)(H,100,106)/t76?,77?,78?,79?,83?,84?,85?,86-,87-,88-,89+,90+,91+,93+,94+,95+/m0/s1. The zero-order valence-corrected chi connectivity index (χ0v) is 81.5. The van der Waals surface area contributed by atoms with E-state index >= 15 is 4.79 Å². The van der Waals surface area contributed by atoms with E-state index in [2.05, 4.69) is 21.3 Å². The summed E-state index contributed by atoms with van der Waals surface area (Å²) < 4.78 is 110. The molecule has 6 rings (SSSR count). The van der Waals surface area contributed by atoms with Crippen LogP contribution >= 0.6 is 0 Å². The van der Waals surface area contributed by atoms with Crippen LogP contribution in [0.25, 0.3) is 0 Å². The lowest BCUT2D eigenvalue weighted by Crippen LogP contribution is -2.66. The summed E-state index contributed by atoms with van der Waals surface area (Å²) in [5.41, 5.74) is 0.0983. The van der Waals surface area contributed by atoms with Crippen LogP contribution in [0.15, 0.2) is 78.9 Å². The van der Waals surface area contributed by atoms with Gasteiger partial charge < -0.3 is 126 Å². The van der Waals surface area contributed by atoms with Crippen molar-refractivity contribution in [3.8, 4) is 11.5 Å². The zero-order chi connectivity index (χ0) is 102. The van der Waals surface area contributed by atoms with Crippen LogP contribution < -0.4 is 30.7 Å². The number of methoxy groups -OCH3 is 2. The monoisotopic (exact) mass is 1960 g/mol. The topological polar surface area (TPSA) is 537 Å². The van der Waals surface area contributed by atoms with Crippen LogP contribution in [-0.4, -0.2) is 308 Å². The molecule has 0 aromatic heterocycles. The first-order valence-corrected chi connectivity index (χ1v) is 46.2. The molecule has 6 amide bonds. The Balaban J connectivity index is 1.30. The molecule has 139 heavy (non-hydrogen) atoms. The molecule has 3 heterocycles. The van der Waals surface area contributed by atoms with Gasteiger partial charge in [-0.3, -0.25) is 81.5 Å². The molecular weight excluding hydrogens is 1830 g/mol. The SMILES string of the molecule is COc1ccc(C(OCC(OC(=O)CCC(C)=O)C(=O)N(CCCNC(=O)CCCCO[C@@H]2OC(COC(C)=O)[C@H](OC(C)=O)[C@H](OC(C)=O)C2NC(C)=O)CCCN(CCCCC(=O)CCCCO[C@@H]2OC(COC(C)=O)[C@H](OC(C)=O)[C@H](OC(C)=O)C2NC(C)=O)C(=O)CCCCO[C@@H]2OC(COC(C)=O)[C@H](OC(C)=O)[C@H](OC(C)=O)C2NC(C)=O)(c2ccccc2)c2ccc(OC)cc2)cc1. The van der Waals surface area contributed by atoms with Crippen LogP contribution in [0, 0.1) is 0 Å². The average molecular weight is 1960 g/mol. The van der Waals surface area contributed by atoms with Crippen molar-refractivity contribution in [2.45, 2.75) is 296 Å². The van der Waals surface area contributed by atoms with Crippen LogP contribution in [0.1, 0.15) is 209 Å². The van der Waals surface area contributed by atoms with Crippen molar-refractivity contribution in [3.63, 3.8) is 0 Å². The first kappa shape index (κ1) is 116. The molecule has 770 valence electrons. The van der Waals surface area contributed by atoms with E-state index in [1.807, 2.05) is 18.2 Å². The minimum atomic E-state index is -1.75. The van der Waals surface area contributed by atoms with E-state index in [0.717, 1.165) is 62.3 Å². The summed E-state index contributed by atoms with van der Waals surface area (Å²) in [5, 5.41) is 10.8. The second kappa shape index (κ2) is 60.0. The lowest BCUT2D eigenvalue weighted by Gasteiger charge is -2.44. The van der Waals surface area contributed by atoms with Gasteiger partial charge in [0.05, 0.1) is 27.2 Å². The van der Waals surface area contributed by atoms with Gasteiger partial charge in [0.2, 0.25) is 35.6 Å². The molecule has 3 aliphatic rings. The van der Waals surface area contributed by atoms with E-state index in [9.17, 15) is 81.5 Å². The highest BCUT2D eigenvalue weighted by Gasteiger charge is 2.55. The van der Waals surface area contributed by atoms with Gasteiger partial charge in [-0.25, -0.2) is 0 Å². The maximum atomic E-state index is 16.0. The van der Waals surface area contributed by atoms with Crippen molar-refractivity contribution >= 4 is 107 Å². The summed E-state index contributed by atoms with van der Waals surface area (Å²) in [6.45, 7) is 12.3. The highest BCUT2D eigenvalue weighted by molar-refractivity contribution is 5.86. The Morgan fingerprint density at radius 2 is 0.719 bits per heavy atom. The summed E-state index contributed by atoms with van der Waals surface area (Å²) in [5.74, 6) is -10.7. The molecule has 3 aliphatic heterocycles. The minimum Gasteiger partial charge on any atom is -0.497 e. The molecule has 0 spiro atoms. The molecule has 0 bridgehead atoms. The van der Waals surface area contributed by atoms with E-state index in [1.165, 1.54) is 46.8 Å². The van der Waals surface area contributed by atoms with Gasteiger partial charge in [-0.05, 0) is 112 Å². The van der Waals surface area contributed by atoms with E-state index in [0.29, 0.717) is 34.6 Å². The van der Waals surface area contributed by atoms with E-state index in [1.54, 1.807) is 65.6 Å². The van der Waals surface area contributed by atoms with Crippen LogP contribution in [0.2, 0.25) is 0 Å².